The minimum atomic E-state index is -1.01. The minimum Gasteiger partial charge on any atom is -0.479 e. The van der Waals surface area contributed by atoms with Gasteiger partial charge in [-0.25, -0.2) is 4.79 Å². The second-order valence-corrected chi connectivity index (χ2v) is 6.35. The molecule has 1 aliphatic heterocycles. The van der Waals surface area contributed by atoms with Crippen LogP contribution in [0.2, 0.25) is 0 Å². The number of carbonyl (C=O) groups is 3. The maximum Gasteiger partial charge on any atom is 0.335 e. The van der Waals surface area contributed by atoms with Crippen molar-refractivity contribution in [1.82, 2.24) is 0 Å². The van der Waals surface area contributed by atoms with Crippen molar-refractivity contribution < 1.29 is 24.2 Å². The number of aromatic carboxylic acids is 1. The summed E-state index contributed by atoms with van der Waals surface area (Å²) in [6.07, 6.45) is -0.499. The maximum absolute atomic E-state index is 12.4. The molecule has 0 radical (unpaired) electrons. The number of ether oxygens (including phenoxy) is 1. The van der Waals surface area contributed by atoms with Crippen molar-refractivity contribution in [2.75, 3.05) is 16.8 Å². The molecule has 1 unspecified atom stereocenters. The van der Waals surface area contributed by atoms with E-state index in [1.54, 1.807) is 43.0 Å². The molecule has 140 valence electrons. The van der Waals surface area contributed by atoms with Crippen LogP contribution >= 0.6 is 0 Å². The van der Waals surface area contributed by atoms with E-state index in [1.165, 1.54) is 6.07 Å². The van der Waals surface area contributed by atoms with Gasteiger partial charge in [0.25, 0.3) is 5.91 Å². The Bertz CT molecular complexity index is 909. The Hall–Kier alpha value is -3.35. The van der Waals surface area contributed by atoms with Gasteiger partial charge in [-0.05, 0) is 49.7 Å². The molecule has 0 aliphatic carbocycles. The zero-order valence-electron chi connectivity index (χ0n) is 15.1. The van der Waals surface area contributed by atoms with Gasteiger partial charge < -0.3 is 20.1 Å². The number of rotatable bonds is 5. The predicted molar refractivity (Wildman–Crippen MR) is 100 cm³/mol. The van der Waals surface area contributed by atoms with Crippen LogP contribution in [0.15, 0.2) is 42.5 Å². The molecule has 7 nitrogen and oxygen atoms in total. The van der Waals surface area contributed by atoms with Crippen molar-refractivity contribution in [2.24, 2.45) is 0 Å². The zero-order chi connectivity index (χ0) is 19.6. The van der Waals surface area contributed by atoms with Gasteiger partial charge in [0.2, 0.25) is 5.91 Å². The normalized spacial score (nSPS) is 15.7. The number of carboxylic acids is 1. The third-order valence-electron chi connectivity index (χ3n) is 4.38. The molecule has 2 aromatic carbocycles. The summed E-state index contributed by atoms with van der Waals surface area (Å²) in [5.41, 5.74) is 1.92. The van der Waals surface area contributed by atoms with E-state index in [0.29, 0.717) is 22.7 Å². The van der Waals surface area contributed by atoms with E-state index in [9.17, 15) is 14.4 Å². The summed E-state index contributed by atoms with van der Waals surface area (Å²) in [6.45, 7) is 3.57. The third-order valence-corrected chi connectivity index (χ3v) is 4.38. The van der Waals surface area contributed by atoms with Gasteiger partial charge >= 0.3 is 5.97 Å². The van der Waals surface area contributed by atoms with Gasteiger partial charge in [-0.1, -0.05) is 12.1 Å². The standard InChI is InChI=1S/C20H20N2O5/c1-12-11-14(7-8-15(12)20(25)26)21-18(23)9-10-22-16-5-3-4-6-17(16)27-13(2)19(22)24/h3-8,11,13H,9-10H2,1-2H3,(H,21,23)(H,25,26). The van der Waals surface area contributed by atoms with Gasteiger partial charge in [0.05, 0.1) is 11.3 Å². The first-order valence-corrected chi connectivity index (χ1v) is 8.57. The fourth-order valence-electron chi connectivity index (χ4n) is 3.01. The predicted octanol–water partition coefficient (Wildman–Crippen LogP) is 2.84. The minimum absolute atomic E-state index is 0.104. The molecule has 0 spiro atoms. The smallest absolute Gasteiger partial charge is 0.335 e. The molecule has 1 atom stereocenters. The van der Waals surface area contributed by atoms with Gasteiger partial charge in [0.1, 0.15) is 5.75 Å². The highest BCUT2D eigenvalue weighted by atomic mass is 16.5. The lowest BCUT2D eigenvalue weighted by atomic mass is 10.1. The number of carboxylic acid groups (broad SMARTS) is 1. The molecule has 1 heterocycles. The van der Waals surface area contributed by atoms with Gasteiger partial charge in [-0.15, -0.1) is 0 Å². The topological polar surface area (TPSA) is 95.9 Å². The van der Waals surface area contributed by atoms with Crippen molar-refractivity contribution in [2.45, 2.75) is 26.4 Å². The Labute approximate surface area is 156 Å². The molecule has 27 heavy (non-hydrogen) atoms. The highest BCUT2D eigenvalue weighted by Crippen LogP contribution is 2.33. The van der Waals surface area contributed by atoms with Crippen LogP contribution in [0.25, 0.3) is 0 Å². The molecular formula is C20H20N2O5. The molecule has 0 saturated heterocycles. The van der Waals surface area contributed by atoms with Crippen LogP contribution in [-0.4, -0.2) is 35.5 Å². The van der Waals surface area contributed by atoms with Crippen molar-refractivity contribution >= 4 is 29.2 Å². The zero-order valence-corrected chi connectivity index (χ0v) is 15.1. The number of fused-ring (bicyclic) bond motifs is 1. The van der Waals surface area contributed by atoms with E-state index in [4.69, 9.17) is 9.84 Å². The number of nitrogens with zero attached hydrogens (tertiary/aromatic N) is 1. The van der Waals surface area contributed by atoms with Crippen molar-refractivity contribution in [3.63, 3.8) is 0 Å². The molecule has 0 fully saturated rings. The molecule has 0 saturated carbocycles. The largest absolute Gasteiger partial charge is 0.479 e. The Kier molecular flexibility index (Phi) is 5.12. The number of amides is 2. The molecule has 2 aromatic rings. The number of benzene rings is 2. The number of carbonyl (C=O) groups excluding carboxylic acids is 2. The monoisotopic (exact) mass is 368 g/mol. The van der Waals surface area contributed by atoms with E-state index >= 15 is 0 Å². The van der Waals surface area contributed by atoms with Gasteiger partial charge in [-0.2, -0.15) is 0 Å². The van der Waals surface area contributed by atoms with Crippen LogP contribution in [0.5, 0.6) is 5.75 Å². The first-order chi connectivity index (χ1) is 12.9. The first kappa shape index (κ1) is 18.4. The number of aryl methyl sites for hydroxylation is 1. The van der Waals surface area contributed by atoms with E-state index < -0.39 is 12.1 Å². The molecule has 0 aromatic heterocycles. The second-order valence-electron chi connectivity index (χ2n) is 6.35. The van der Waals surface area contributed by atoms with Gasteiger partial charge in [0.15, 0.2) is 6.10 Å². The molecule has 2 amide bonds. The molecular weight excluding hydrogens is 348 g/mol. The van der Waals surface area contributed by atoms with E-state index in [0.717, 1.165) is 0 Å². The third kappa shape index (κ3) is 3.92. The fraction of sp³-hybridized carbons (Fsp3) is 0.250. The van der Waals surface area contributed by atoms with Crippen LogP contribution in [0, 0.1) is 6.92 Å². The Morgan fingerprint density at radius 2 is 1.96 bits per heavy atom. The summed E-state index contributed by atoms with van der Waals surface area (Å²) in [7, 11) is 0. The Morgan fingerprint density at radius 3 is 2.67 bits per heavy atom. The summed E-state index contributed by atoms with van der Waals surface area (Å²) in [5, 5.41) is 11.8. The summed E-state index contributed by atoms with van der Waals surface area (Å²) in [4.78, 5) is 37.3. The molecule has 1 aliphatic rings. The maximum atomic E-state index is 12.4. The van der Waals surface area contributed by atoms with Crippen LogP contribution in [0.3, 0.4) is 0 Å². The lowest BCUT2D eigenvalue weighted by Crippen LogP contribution is -2.45. The lowest BCUT2D eigenvalue weighted by molar-refractivity contribution is -0.125. The van der Waals surface area contributed by atoms with Crippen molar-refractivity contribution in [3.05, 3.63) is 53.6 Å². The van der Waals surface area contributed by atoms with Crippen LogP contribution in [0.1, 0.15) is 29.3 Å². The highest BCUT2D eigenvalue weighted by molar-refractivity contribution is 6.01. The average molecular weight is 368 g/mol. The molecule has 0 bridgehead atoms. The van der Waals surface area contributed by atoms with Gasteiger partial charge in [0, 0.05) is 18.7 Å². The van der Waals surface area contributed by atoms with E-state index in [-0.39, 0.29) is 30.3 Å². The summed E-state index contributed by atoms with van der Waals surface area (Å²) in [6, 6.07) is 11.8. The number of anilines is 2. The number of para-hydroxylation sites is 2. The number of nitrogens with one attached hydrogen (secondary N) is 1. The summed E-state index contributed by atoms with van der Waals surface area (Å²) < 4.78 is 5.58. The molecule has 2 N–H and O–H groups in total. The van der Waals surface area contributed by atoms with E-state index in [2.05, 4.69) is 5.32 Å². The lowest BCUT2D eigenvalue weighted by Gasteiger charge is -2.32. The van der Waals surface area contributed by atoms with Crippen molar-refractivity contribution in [3.8, 4) is 5.75 Å². The van der Waals surface area contributed by atoms with Crippen LogP contribution in [0.4, 0.5) is 11.4 Å². The highest BCUT2D eigenvalue weighted by Gasteiger charge is 2.31. The summed E-state index contributed by atoms with van der Waals surface area (Å²) in [5.74, 6) is -0.848. The first-order valence-electron chi connectivity index (χ1n) is 8.57. The fourth-order valence-corrected chi connectivity index (χ4v) is 3.01. The SMILES string of the molecule is Cc1cc(NC(=O)CCN2C(=O)C(C)Oc3ccccc32)ccc1C(=O)O. The van der Waals surface area contributed by atoms with Crippen LogP contribution < -0.4 is 15.0 Å². The average Bonchev–Trinajstić information content (AvgIpc) is 2.62. The van der Waals surface area contributed by atoms with Crippen molar-refractivity contribution in [1.29, 1.82) is 0 Å². The number of hydrogen-bond acceptors (Lipinski definition) is 4. The number of hydrogen-bond donors (Lipinski definition) is 2. The second kappa shape index (κ2) is 7.49. The van der Waals surface area contributed by atoms with Crippen LogP contribution in [-0.2, 0) is 9.59 Å². The summed E-state index contributed by atoms with van der Waals surface area (Å²) >= 11 is 0. The molecule has 3 rings (SSSR count). The van der Waals surface area contributed by atoms with E-state index in [1.807, 2.05) is 12.1 Å². The molecule has 7 heteroatoms. The Balaban J connectivity index is 1.66. The van der Waals surface area contributed by atoms with Gasteiger partial charge in [-0.3, -0.25) is 9.59 Å². The Morgan fingerprint density at radius 1 is 1.22 bits per heavy atom. The quantitative estimate of drug-likeness (QED) is 0.846.